The normalized spacial score (nSPS) is 31.5. The van der Waals surface area contributed by atoms with Crippen LogP contribution in [0.15, 0.2) is 60.7 Å². The van der Waals surface area contributed by atoms with E-state index in [0.29, 0.717) is 28.1 Å². The number of halogens is 2. The molecule has 0 aromatic heterocycles. The van der Waals surface area contributed by atoms with Gasteiger partial charge in [0.1, 0.15) is 12.5 Å². The Morgan fingerprint density at radius 3 is 2.06 bits per heavy atom. The zero-order valence-electron chi connectivity index (χ0n) is 17.0. The quantitative estimate of drug-likeness (QED) is 0.519. The molecule has 5 aliphatic rings. The van der Waals surface area contributed by atoms with Crippen molar-refractivity contribution in [2.75, 3.05) is 11.6 Å². The number of amides is 3. The first kappa shape index (κ1) is 19.7. The minimum absolute atomic E-state index is 0.114. The molecule has 1 saturated heterocycles. The van der Waals surface area contributed by atoms with Crippen LogP contribution in [0.2, 0.25) is 5.02 Å². The van der Waals surface area contributed by atoms with Crippen LogP contribution >= 0.6 is 11.6 Å². The lowest BCUT2D eigenvalue weighted by Gasteiger charge is -2.37. The van der Waals surface area contributed by atoms with E-state index in [4.69, 9.17) is 11.6 Å². The third-order valence-corrected chi connectivity index (χ3v) is 7.76. The van der Waals surface area contributed by atoms with Crippen LogP contribution in [-0.2, 0) is 9.59 Å². The molecule has 32 heavy (non-hydrogen) atoms. The van der Waals surface area contributed by atoms with Crippen molar-refractivity contribution in [2.45, 2.75) is 6.42 Å². The Hall–Kier alpha value is -2.99. The Kier molecular flexibility index (Phi) is 4.31. The average molecular weight is 451 g/mol. The number of allylic oxidation sites excluding steroid dienone is 2. The van der Waals surface area contributed by atoms with Gasteiger partial charge in [-0.3, -0.25) is 24.2 Å². The Morgan fingerprint density at radius 2 is 1.50 bits per heavy atom. The van der Waals surface area contributed by atoms with Gasteiger partial charge < -0.3 is 0 Å². The van der Waals surface area contributed by atoms with Gasteiger partial charge in [0.2, 0.25) is 11.8 Å². The summed E-state index contributed by atoms with van der Waals surface area (Å²) < 4.78 is 13.5. The van der Waals surface area contributed by atoms with Gasteiger partial charge in [-0.25, -0.2) is 4.39 Å². The van der Waals surface area contributed by atoms with E-state index in [9.17, 15) is 18.8 Å². The summed E-state index contributed by atoms with van der Waals surface area (Å²) in [6, 6.07) is 11.8. The lowest BCUT2D eigenvalue weighted by Crippen LogP contribution is -2.45. The largest absolute Gasteiger partial charge is 0.290 e. The van der Waals surface area contributed by atoms with Gasteiger partial charge >= 0.3 is 0 Å². The molecular weight excluding hydrogens is 431 g/mol. The van der Waals surface area contributed by atoms with Gasteiger partial charge in [-0.15, -0.1) is 0 Å². The highest BCUT2D eigenvalue weighted by Gasteiger charge is 2.67. The molecule has 6 unspecified atom stereocenters. The molecule has 2 aromatic rings. The summed E-state index contributed by atoms with van der Waals surface area (Å²) in [5, 5.41) is 0.491. The van der Waals surface area contributed by atoms with Gasteiger partial charge in [-0.05, 0) is 78.6 Å². The second kappa shape index (κ2) is 7.01. The van der Waals surface area contributed by atoms with E-state index in [1.54, 1.807) is 24.3 Å². The van der Waals surface area contributed by atoms with Gasteiger partial charge in [0.15, 0.2) is 0 Å². The maximum atomic E-state index is 13.5. The number of imide groups is 1. The first-order valence-corrected chi connectivity index (χ1v) is 11.2. The smallest absolute Gasteiger partial charge is 0.259 e. The minimum Gasteiger partial charge on any atom is -0.290 e. The summed E-state index contributed by atoms with van der Waals surface area (Å²) in [6.07, 6.45) is 5.32. The standard InChI is InChI=1S/C25H20ClFN2O3/c26-14-3-1-13(2-4-14)23(30)28(16-7-5-15(27)6-8-16)12-29-24(31)21-17-9-10-18(20-11-19(17)20)22(21)25(29)32/h1-10,17-22H,11-12H2. The van der Waals surface area contributed by atoms with Crippen molar-refractivity contribution in [3.63, 3.8) is 0 Å². The van der Waals surface area contributed by atoms with Crippen molar-refractivity contribution < 1.29 is 18.8 Å². The Bertz CT molecular complexity index is 1130. The third-order valence-electron chi connectivity index (χ3n) is 7.51. The zero-order chi connectivity index (χ0) is 22.1. The van der Waals surface area contributed by atoms with Crippen LogP contribution < -0.4 is 4.90 Å². The lowest BCUT2D eigenvalue weighted by molar-refractivity contribution is -0.140. The molecule has 4 aliphatic carbocycles. The topological polar surface area (TPSA) is 57.7 Å². The van der Waals surface area contributed by atoms with Crippen molar-refractivity contribution in [3.05, 3.63) is 77.1 Å². The second-order valence-corrected chi connectivity index (χ2v) is 9.55. The van der Waals surface area contributed by atoms with E-state index >= 15 is 0 Å². The summed E-state index contributed by atoms with van der Waals surface area (Å²) in [7, 11) is 0. The van der Waals surface area contributed by atoms with Crippen LogP contribution in [0.5, 0.6) is 0 Å². The molecule has 0 spiro atoms. The summed E-state index contributed by atoms with van der Waals surface area (Å²) in [5.41, 5.74) is 0.768. The number of nitrogens with zero attached hydrogens (tertiary/aromatic N) is 2. The fraction of sp³-hybridized carbons (Fsp3) is 0.320. The SMILES string of the molecule is O=C1C2C3C=CC(C4CC34)C2C(=O)N1CN(C(=O)c1ccc(Cl)cc1)c1ccc(F)cc1. The van der Waals surface area contributed by atoms with Gasteiger partial charge in [-0.2, -0.15) is 0 Å². The first-order chi connectivity index (χ1) is 15.4. The summed E-state index contributed by atoms with van der Waals surface area (Å²) in [6.45, 7) is -0.202. The van der Waals surface area contributed by atoms with Crippen LogP contribution in [0.1, 0.15) is 16.8 Å². The fourth-order valence-corrected chi connectivity index (χ4v) is 6.06. The Morgan fingerprint density at radius 1 is 0.938 bits per heavy atom. The van der Waals surface area contributed by atoms with E-state index in [1.165, 1.54) is 34.1 Å². The molecule has 7 heteroatoms. The second-order valence-electron chi connectivity index (χ2n) is 9.12. The number of likely N-dealkylation sites (tertiary alicyclic amines) is 1. The molecule has 162 valence electrons. The van der Waals surface area contributed by atoms with Crippen LogP contribution in [0.4, 0.5) is 10.1 Å². The number of rotatable bonds is 4. The highest BCUT2D eigenvalue weighted by atomic mass is 35.5. The number of benzene rings is 2. The van der Waals surface area contributed by atoms with Crippen LogP contribution in [-0.4, -0.2) is 29.3 Å². The highest BCUT2D eigenvalue weighted by Crippen LogP contribution is 2.65. The first-order valence-electron chi connectivity index (χ1n) is 10.8. The summed E-state index contributed by atoms with van der Waals surface area (Å²) in [4.78, 5) is 42.7. The van der Waals surface area contributed by atoms with Crippen molar-refractivity contribution in [2.24, 2.45) is 35.5 Å². The zero-order valence-corrected chi connectivity index (χ0v) is 17.8. The molecule has 6 atom stereocenters. The molecule has 3 fully saturated rings. The Balaban J connectivity index is 1.33. The maximum absolute atomic E-state index is 13.5. The van der Waals surface area contributed by atoms with Crippen molar-refractivity contribution >= 4 is 35.0 Å². The highest BCUT2D eigenvalue weighted by molar-refractivity contribution is 6.30. The number of carbonyl (C=O) groups is 3. The van der Waals surface area contributed by atoms with E-state index < -0.39 is 11.7 Å². The fourth-order valence-electron chi connectivity index (χ4n) is 5.93. The molecule has 0 radical (unpaired) electrons. The van der Waals surface area contributed by atoms with Crippen molar-refractivity contribution in [1.29, 1.82) is 0 Å². The monoisotopic (exact) mass is 450 g/mol. The number of hydrogen-bond acceptors (Lipinski definition) is 3. The van der Waals surface area contributed by atoms with E-state index in [0.717, 1.165) is 6.42 Å². The van der Waals surface area contributed by atoms with Crippen LogP contribution in [0, 0.1) is 41.3 Å². The number of hydrogen-bond donors (Lipinski definition) is 0. The number of carbonyl (C=O) groups excluding carboxylic acids is 3. The molecule has 7 rings (SSSR count). The molecule has 1 aliphatic heterocycles. The Labute approximate surface area is 189 Å². The summed E-state index contributed by atoms with van der Waals surface area (Å²) in [5.74, 6) is -0.670. The molecule has 5 nitrogen and oxygen atoms in total. The van der Waals surface area contributed by atoms with E-state index in [2.05, 4.69) is 12.2 Å². The van der Waals surface area contributed by atoms with Gasteiger partial charge in [0, 0.05) is 16.3 Å². The van der Waals surface area contributed by atoms with Crippen LogP contribution in [0.3, 0.4) is 0 Å². The van der Waals surface area contributed by atoms with Crippen molar-refractivity contribution in [1.82, 2.24) is 4.90 Å². The van der Waals surface area contributed by atoms with Gasteiger partial charge in [0.05, 0.1) is 11.8 Å². The molecular formula is C25H20ClFN2O3. The molecule has 1 heterocycles. The molecule has 2 saturated carbocycles. The lowest BCUT2D eigenvalue weighted by atomic mass is 9.63. The van der Waals surface area contributed by atoms with E-state index in [1.807, 2.05) is 0 Å². The molecule has 2 aromatic carbocycles. The average Bonchev–Trinajstić information content (AvgIpc) is 3.58. The van der Waals surface area contributed by atoms with Crippen molar-refractivity contribution in [3.8, 4) is 0 Å². The van der Waals surface area contributed by atoms with Crippen LogP contribution in [0.25, 0.3) is 0 Å². The predicted octanol–water partition coefficient (Wildman–Crippen LogP) is 4.14. The van der Waals surface area contributed by atoms with Gasteiger partial charge in [0.25, 0.3) is 5.91 Å². The number of anilines is 1. The minimum atomic E-state index is -0.436. The van der Waals surface area contributed by atoms with Gasteiger partial charge in [-0.1, -0.05) is 23.8 Å². The maximum Gasteiger partial charge on any atom is 0.259 e. The summed E-state index contributed by atoms with van der Waals surface area (Å²) >= 11 is 5.95. The molecule has 0 N–H and O–H groups in total. The molecule has 2 bridgehead atoms. The molecule has 3 amide bonds. The van der Waals surface area contributed by atoms with E-state index in [-0.39, 0.29) is 42.2 Å². The predicted molar refractivity (Wildman–Crippen MR) is 116 cm³/mol. The third kappa shape index (κ3) is 2.85.